The molecule has 2 saturated heterocycles. The molecule has 6 rings (SSSR count). The summed E-state index contributed by atoms with van der Waals surface area (Å²) in [6.45, 7) is 9.99. The first kappa shape index (κ1) is 29.6. The third-order valence-corrected chi connectivity index (χ3v) is 8.32. The van der Waals surface area contributed by atoms with Crippen LogP contribution in [0.1, 0.15) is 39.3 Å². The average molecular weight is 603 g/mol. The van der Waals surface area contributed by atoms with Crippen LogP contribution in [-0.2, 0) is 9.53 Å². The Kier molecular flexibility index (Phi) is 8.24. The van der Waals surface area contributed by atoms with Crippen LogP contribution in [0.4, 0.5) is 16.3 Å². The van der Waals surface area contributed by atoms with E-state index in [0.717, 1.165) is 58.9 Å². The second-order valence-corrected chi connectivity index (χ2v) is 12.6. The summed E-state index contributed by atoms with van der Waals surface area (Å²) in [5.74, 6) is 2.66. The fourth-order valence-electron chi connectivity index (χ4n) is 6.11. The molecule has 0 spiro atoms. The number of aliphatic imine (C=N–C) groups is 1. The fraction of sp³-hybridized carbons (Fsp3) is 0.500. The van der Waals surface area contributed by atoms with E-state index in [1.807, 2.05) is 24.1 Å². The zero-order chi connectivity index (χ0) is 30.8. The minimum Gasteiger partial charge on any atom is -0.491 e. The standard InChI is InChI=1S/C32H42N8O4/c1-32(2,3)44-31(42)33-18-27(41)39-15-13-38(14-16-39)23-11-10-22-7-5-9-26(25(22)17-23)43-19-24-8-6-12-40(24)30-28-29(35-20-34-28)37(4)21-36-30/h5,7,9-11,17,20,24H,6,8,12-16,18-19,21H2,1-4H3,(H,33,42)(H,34,35). The Morgan fingerprint density at radius 3 is 2.70 bits per heavy atom. The number of imidazole rings is 1. The zero-order valence-electron chi connectivity index (χ0n) is 26.0. The van der Waals surface area contributed by atoms with Crippen LogP contribution in [0.5, 0.6) is 5.75 Å². The molecule has 0 bridgehead atoms. The molecule has 4 heterocycles. The number of amidine groups is 1. The van der Waals surface area contributed by atoms with E-state index in [1.54, 1.807) is 32.0 Å². The Morgan fingerprint density at radius 2 is 1.91 bits per heavy atom. The van der Waals surface area contributed by atoms with Crippen LogP contribution in [0, 0.1) is 0 Å². The maximum atomic E-state index is 12.7. The third kappa shape index (κ3) is 6.39. The molecule has 1 atom stereocenters. The van der Waals surface area contributed by atoms with Crippen molar-refractivity contribution in [3.63, 3.8) is 0 Å². The molecule has 12 nitrogen and oxygen atoms in total. The molecule has 0 aliphatic carbocycles. The van der Waals surface area contributed by atoms with Gasteiger partial charge in [-0.05, 0) is 57.2 Å². The van der Waals surface area contributed by atoms with Crippen molar-refractivity contribution in [2.24, 2.45) is 4.99 Å². The number of hydrogen-bond donors (Lipinski definition) is 2. The van der Waals surface area contributed by atoms with Crippen molar-refractivity contribution < 1.29 is 19.1 Å². The molecule has 2 aromatic carbocycles. The van der Waals surface area contributed by atoms with E-state index in [4.69, 9.17) is 14.5 Å². The minimum absolute atomic E-state index is 0.0720. The summed E-state index contributed by atoms with van der Waals surface area (Å²) in [5, 5.41) is 4.76. The van der Waals surface area contributed by atoms with E-state index in [0.29, 0.717) is 39.5 Å². The number of fused-ring (bicyclic) bond motifs is 2. The van der Waals surface area contributed by atoms with Crippen molar-refractivity contribution in [3.05, 3.63) is 48.4 Å². The lowest BCUT2D eigenvalue weighted by Gasteiger charge is -2.36. The van der Waals surface area contributed by atoms with Crippen LogP contribution in [-0.4, -0.2) is 109 Å². The number of nitrogens with one attached hydrogen (secondary N) is 2. The van der Waals surface area contributed by atoms with E-state index in [1.165, 1.54) is 0 Å². The molecule has 2 N–H and O–H groups in total. The van der Waals surface area contributed by atoms with Crippen LogP contribution in [0.3, 0.4) is 0 Å². The van der Waals surface area contributed by atoms with Gasteiger partial charge in [0.05, 0.1) is 12.4 Å². The molecule has 0 saturated carbocycles. The van der Waals surface area contributed by atoms with Gasteiger partial charge in [0.1, 0.15) is 36.9 Å². The number of amides is 2. The van der Waals surface area contributed by atoms with Gasteiger partial charge < -0.3 is 39.4 Å². The quantitative estimate of drug-likeness (QED) is 0.441. The number of rotatable bonds is 6. The summed E-state index contributed by atoms with van der Waals surface area (Å²) < 4.78 is 11.8. The van der Waals surface area contributed by atoms with Gasteiger partial charge in [0.15, 0.2) is 11.7 Å². The summed E-state index contributed by atoms with van der Waals surface area (Å²) >= 11 is 0. The predicted octanol–water partition coefficient (Wildman–Crippen LogP) is 3.43. The third-order valence-electron chi connectivity index (χ3n) is 8.32. The van der Waals surface area contributed by atoms with Crippen molar-refractivity contribution in [2.75, 3.05) is 69.4 Å². The Bertz CT molecular complexity index is 1540. The van der Waals surface area contributed by atoms with Crippen molar-refractivity contribution >= 4 is 40.1 Å². The maximum Gasteiger partial charge on any atom is 0.408 e. The van der Waals surface area contributed by atoms with E-state index in [9.17, 15) is 9.59 Å². The number of aromatic amines is 1. The highest BCUT2D eigenvalue weighted by Gasteiger charge is 2.33. The summed E-state index contributed by atoms with van der Waals surface area (Å²) in [4.78, 5) is 45.8. The van der Waals surface area contributed by atoms with E-state index < -0.39 is 11.7 Å². The maximum absolute atomic E-state index is 12.7. The number of hydrogen-bond acceptors (Lipinski definition) is 9. The SMILES string of the molecule is CN1CN=C(N2CCCC2COc2cccc3ccc(N4CCN(C(=O)CNC(=O)OC(C)(C)C)CC4)cc23)c2[nH]cnc21. The van der Waals surface area contributed by atoms with E-state index in [2.05, 4.69) is 49.4 Å². The van der Waals surface area contributed by atoms with Crippen LogP contribution in [0.15, 0.2) is 47.7 Å². The van der Waals surface area contributed by atoms with Crippen molar-refractivity contribution in [1.82, 2.24) is 25.1 Å². The highest BCUT2D eigenvalue weighted by atomic mass is 16.6. The molecular weight excluding hydrogens is 560 g/mol. The first-order valence-corrected chi connectivity index (χ1v) is 15.4. The molecule has 1 aromatic heterocycles. The Morgan fingerprint density at radius 1 is 1.09 bits per heavy atom. The molecule has 2 amide bonds. The minimum atomic E-state index is -0.604. The van der Waals surface area contributed by atoms with Crippen LogP contribution >= 0.6 is 0 Å². The highest BCUT2D eigenvalue weighted by molar-refractivity contribution is 6.02. The van der Waals surface area contributed by atoms with Gasteiger partial charge in [0, 0.05) is 50.8 Å². The van der Waals surface area contributed by atoms with Gasteiger partial charge in [0.2, 0.25) is 5.91 Å². The summed E-state index contributed by atoms with van der Waals surface area (Å²) in [6.07, 6.45) is 3.29. The summed E-state index contributed by atoms with van der Waals surface area (Å²) in [5.41, 5.74) is 1.47. The molecule has 3 aliphatic heterocycles. The van der Waals surface area contributed by atoms with Crippen LogP contribution in [0.25, 0.3) is 10.8 Å². The van der Waals surface area contributed by atoms with Gasteiger partial charge >= 0.3 is 6.09 Å². The molecular formula is C32H42N8O4. The lowest BCUT2D eigenvalue weighted by molar-refractivity contribution is -0.130. The Labute approximate surface area is 258 Å². The average Bonchev–Trinajstić information content (AvgIpc) is 3.69. The normalized spacial score (nSPS) is 18.7. The number of anilines is 2. The first-order valence-electron chi connectivity index (χ1n) is 15.4. The second kappa shape index (κ2) is 12.3. The predicted molar refractivity (Wildman–Crippen MR) is 171 cm³/mol. The summed E-state index contributed by atoms with van der Waals surface area (Å²) in [6, 6.07) is 12.9. The topological polar surface area (TPSA) is 119 Å². The number of carbonyl (C=O) groups excluding carboxylic acids is 2. The van der Waals surface area contributed by atoms with Gasteiger partial charge in [-0.25, -0.2) is 14.8 Å². The fourth-order valence-corrected chi connectivity index (χ4v) is 6.11. The molecule has 0 radical (unpaired) electrons. The number of likely N-dealkylation sites (tertiary alicyclic amines) is 1. The molecule has 234 valence electrons. The molecule has 3 aliphatic rings. The Balaban J connectivity index is 1.08. The van der Waals surface area contributed by atoms with Crippen molar-refractivity contribution in [2.45, 2.75) is 45.3 Å². The first-order chi connectivity index (χ1) is 21.2. The van der Waals surface area contributed by atoms with Crippen LogP contribution in [0.2, 0.25) is 0 Å². The van der Waals surface area contributed by atoms with Gasteiger partial charge in [0.25, 0.3) is 0 Å². The molecule has 44 heavy (non-hydrogen) atoms. The molecule has 2 fully saturated rings. The smallest absolute Gasteiger partial charge is 0.408 e. The van der Waals surface area contributed by atoms with Crippen LogP contribution < -0.4 is 19.9 Å². The molecule has 3 aromatic rings. The molecule has 12 heteroatoms. The monoisotopic (exact) mass is 602 g/mol. The number of aromatic nitrogens is 2. The number of piperazine rings is 1. The lowest BCUT2D eigenvalue weighted by Crippen LogP contribution is -2.51. The zero-order valence-corrected chi connectivity index (χ0v) is 26.0. The number of carbonyl (C=O) groups is 2. The number of ether oxygens (including phenoxy) is 2. The highest BCUT2D eigenvalue weighted by Crippen LogP contribution is 2.32. The van der Waals surface area contributed by atoms with Gasteiger partial charge in [-0.15, -0.1) is 0 Å². The summed E-state index contributed by atoms with van der Waals surface area (Å²) in [7, 11) is 2.01. The number of benzene rings is 2. The van der Waals surface area contributed by atoms with Gasteiger partial charge in [-0.3, -0.25) is 4.79 Å². The van der Waals surface area contributed by atoms with Gasteiger partial charge in [-0.2, -0.15) is 0 Å². The Hall–Kier alpha value is -4.48. The number of alkyl carbamates (subject to hydrolysis) is 1. The lowest BCUT2D eigenvalue weighted by atomic mass is 10.1. The largest absolute Gasteiger partial charge is 0.491 e. The van der Waals surface area contributed by atoms with E-state index in [-0.39, 0.29) is 18.5 Å². The second-order valence-electron chi connectivity index (χ2n) is 12.6. The van der Waals surface area contributed by atoms with Gasteiger partial charge in [-0.1, -0.05) is 18.2 Å². The number of H-pyrrole nitrogens is 1. The van der Waals surface area contributed by atoms with Crippen molar-refractivity contribution in [3.8, 4) is 5.75 Å². The number of nitrogens with zero attached hydrogens (tertiary/aromatic N) is 6. The van der Waals surface area contributed by atoms with E-state index >= 15 is 0 Å². The molecule has 1 unspecified atom stereocenters. The van der Waals surface area contributed by atoms with Crippen molar-refractivity contribution in [1.29, 1.82) is 0 Å².